The zero-order valence-electron chi connectivity index (χ0n) is 17.3. The number of aromatic nitrogens is 3. The lowest BCUT2D eigenvalue weighted by molar-refractivity contribution is 0.0577. The summed E-state index contributed by atoms with van der Waals surface area (Å²) in [6.07, 6.45) is 4.48. The summed E-state index contributed by atoms with van der Waals surface area (Å²) >= 11 is 0. The van der Waals surface area contributed by atoms with E-state index >= 15 is 0 Å². The minimum Gasteiger partial charge on any atom is -0.388 e. The second-order valence-corrected chi connectivity index (χ2v) is 8.11. The molecule has 0 radical (unpaired) electrons. The Labute approximate surface area is 166 Å². The molecule has 28 heavy (non-hydrogen) atoms. The number of aliphatic imine (C=N–C) groups is 1. The summed E-state index contributed by atoms with van der Waals surface area (Å²) in [6.45, 7) is 10.5. The van der Waals surface area contributed by atoms with E-state index < -0.39 is 5.60 Å². The monoisotopic (exact) mass is 382 g/mol. The molecule has 2 aromatic heterocycles. The molecule has 150 valence electrons. The summed E-state index contributed by atoms with van der Waals surface area (Å²) in [6, 6.07) is 5.67. The van der Waals surface area contributed by atoms with Crippen LogP contribution in [0.1, 0.15) is 58.3 Å². The number of fused-ring (bicyclic) bond motifs is 1. The van der Waals surface area contributed by atoms with Crippen LogP contribution in [0.3, 0.4) is 0 Å². The summed E-state index contributed by atoms with van der Waals surface area (Å²) in [7, 11) is 0. The van der Waals surface area contributed by atoms with Gasteiger partial charge in [0.1, 0.15) is 5.69 Å². The molecule has 1 aliphatic heterocycles. The van der Waals surface area contributed by atoms with Gasteiger partial charge in [-0.2, -0.15) is 4.98 Å². The van der Waals surface area contributed by atoms with Crippen molar-refractivity contribution in [3.05, 3.63) is 35.8 Å². The quantitative estimate of drug-likeness (QED) is 0.641. The zero-order valence-corrected chi connectivity index (χ0v) is 17.3. The van der Waals surface area contributed by atoms with E-state index in [-0.39, 0.29) is 12.0 Å². The Morgan fingerprint density at radius 3 is 2.61 bits per heavy atom. The lowest BCUT2D eigenvalue weighted by Crippen LogP contribution is -2.41. The van der Waals surface area contributed by atoms with Gasteiger partial charge in [-0.1, -0.05) is 26.8 Å². The number of hydrogen-bond donors (Lipinski definition) is 3. The van der Waals surface area contributed by atoms with E-state index in [0.717, 1.165) is 23.5 Å². The lowest BCUT2D eigenvalue weighted by Gasteiger charge is -2.29. The van der Waals surface area contributed by atoms with Crippen molar-refractivity contribution >= 4 is 23.7 Å². The SMILES string of the molecule is CC[C@@H](Nc1nc(NCc2ccccn2)c2c(n1)C(C(C)C)C=N2)C(C)(C)O. The first kappa shape index (κ1) is 20.2. The molecule has 1 aliphatic rings. The van der Waals surface area contributed by atoms with E-state index in [1.807, 2.05) is 31.3 Å². The van der Waals surface area contributed by atoms with E-state index in [2.05, 4.69) is 39.4 Å². The van der Waals surface area contributed by atoms with Gasteiger partial charge in [0.05, 0.1) is 29.6 Å². The van der Waals surface area contributed by atoms with Crippen LogP contribution in [0.5, 0.6) is 0 Å². The van der Waals surface area contributed by atoms with Gasteiger partial charge in [0.2, 0.25) is 5.95 Å². The van der Waals surface area contributed by atoms with Gasteiger partial charge < -0.3 is 15.7 Å². The predicted molar refractivity (Wildman–Crippen MR) is 113 cm³/mol. The van der Waals surface area contributed by atoms with E-state index in [4.69, 9.17) is 4.98 Å². The third kappa shape index (κ3) is 4.47. The average molecular weight is 383 g/mol. The Morgan fingerprint density at radius 2 is 2.00 bits per heavy atom. The van der Waals surface area contributed by atoms with Crippen molar-refractivity contribution < 1.29 is 5.11 Å². The van der Waals surface area contributed by atoms with E-state index in [0.29, 0.717) is 24.2 Å². The number of rotatable bonds is 8. The van der Waals surface area contributed by atoms with E-state index in [9.17, 15) is 5.11 Å². The summed E-state index contributed by atoms with van der Waals surface area (Å²) < 4.78 is 0. The summed E-state index contributed by atoms with van der Waals surface area (Å²) in [5.74, 6) is 1.72. The Morgan fingerprint density at radius 1 is 1.21 bits per heavy atom. The van der Waals surface area contributed by atoms with Gasteiger partial charge in [-0.05, 0) is 38.3 Å². The molecule has 2 aromatic rings. The summed E-state index contributed by atoms with van der Waals surface area (Å²) in [5, 5.41) is 17.1. The van der Waals surface area contributed by atoms with Crippen molar-refractivity contribution in [2.24, 2.45) is 10.9 Å². The Bertz CT molecular complexity index is 829. The smallest absolute Gasteiger partial charge is 0.225 e. The van der Waals surface area contributed by atoms with Crippen molar-refractivity contribution in [2.45, 2.75) is 65.1 Å². The van der Waals surface area contributed by atoms with Gasteiger partial charge in [0.25, 0.3) is 0 Å². The largest absolute Gasteiger partial charge is 0.388 e. The molecule has 0 aliphatic carbocycles. The van der Waals surface area contributed by atoms with Crippen molar-refractivity contribution in [1.82, 2.24) is 15.0 Å². The molecule has 7 nitrogen and oxygen atoms in total. The molecule has 2 atom stereocenters. The maximum absolute atomic E-state index is 10.4. The van der Waals surface area contributed by atoms with Crippen LogP contribution in [0.4, 0.5) is 17.5 Å². The third-order valence-electron chi connectivity index (χ3n) is 5.04. The van der Waals surface area contributed by atoms with Crippen molar-refractivity contribution in [1.29, 1.82) is 0 Å². The van der Waals surface area contributed by atoms with Crippen LogP contribution in [-0.2, 0) is 6.54 Å². The average Bonchev–Trinajstić information content (AvgIpc) is 3.08. The van der Waals surface area contributed by atoms with Crippen molar-refractivity contribution in [3.8, 4) is 0 Å². The first-order valence-electron chi connectivity index (χ1n) is 9.88. The molecule has 3 heterocycles. The van der Waals surface area contributed by atoms with Crippen molar-refractivity contribution in [2.75, 3.05) is 10.6 Å². The lowest BCUT2D eigenvalue weighted by atomic mass is 9.94. The highest BCUT2D eigenvalue weighted by atomic mass is 16.3. The van der Waals surface area contributed by atoms with Crippen molar-refractivity contribution in [3.63, 3.8) is 0 Å². The zero-order chi connectivity index (χ0) is 20.3. The first-order valence-corrected chi connectivity index (χ1v) is 9.88. The minimum absolute atomic E-state index is 0.149. The number of pyridine rings is 1. The van der Waals surface area contributed by atoms with Crippen LogP contribution >= 0.6 is 0 Å². The van der Waals surface area contributed by atoms with Crippen LogP contribution in [0.25, 0.3) is 0 Å². The topological polar surface area (TPSA) is 95.3 Å². The van der Waals surface area contributed by atoms with Gasteiger partial charge in [0.15, 0.2) is 5.82 Å². The number of aliphatic hydroxyl groups is 1. The molecule has 0 bridgehead atoms. The molecule has 3 N–H and O–H groups in total. The number of nitrogens with zero attached hydrogens (tertiary/aromatic N) is 4. The fraction of sp³-hybridized carbons (Fsp3) is 0.524. The molecular weight excluding hydrogens is 352 g/mol. The number of nitrogens with one attached hydrogen (secondary N) is 2. The van der Waals surface area contributed by atoms with Crippen LogP contribution < -0.4 is 10.6 Å². The number of hydrogen-bond acceptors (Lipinski definition) is 7. The fourth-order valence-corrected chi connectivity index (χ4v) is 3.34. The molecule has 0 saturated heterocycles. The van der Waals surface area contributed by atoms with Crippen LogP contribution in [0.2, 0.25) is 0 Å². The molecule has 3 rings (SSSR count). The summed E-state index contributed by atoms with van der Waals surface area (Å²) in [5.41, 5.74) is 1.75. The first-order chi connectivity index (χ1) is 13.3. The normalized spacial score (nSPS) is 16.9. The maximum Gasteiger partial charge on any atom is 0.225 e. The van der Waals surface area contributed by atoms with Gasteiger partial charge in [0, 0.05) is 18.3 Å². The molecule has 0 spiro atoms. The van der Waals surface area contributed by atoms with Gasteiger partial charge >= 0.3 is 0 Å². The summed E-state index contributed by atoms with van der Waals surface area (Å²) in [4.78, 5) is 18.4. The highest BCUT2D eigenvalue weighted by Gasteiger charge is 2.30. The minimum atomic E-state index is -0.882. The van der Waals surface area contributed by atoms with Gasteiger partial charge in [-0.3, -0.25) is 9.98 Å². The van der Waals surface area contributed by atoms with Crippen LogP contribution in [0, 0.1) is 5.92 Å². The van der Waals surface area contributed by atoms with E-state index in [1.165, 1.54) is 0 Å². The Balaban J connectivity index is 1.92. The second-order valence-electron chi connectivity index (χ2n) is 8.11. The Hall–Kier alpha value is -2.54. The molecule has 0 fully saturated rings. The maximum atomic E-state index is 10.4. The number of anilines is 2. The molecule has 0 aromatic carbocycles. The molecular formula is C21H30N6O. The predicted octanol–water partition coefficient (Wildman–Crippen LogP) is 3.90. The van der Waals surface area contributed by atoms with Crippen LogP contribution in [-0.4, -0.2) is 37.9 Å². The fourth-order valence-electron chi connectivity index (χ4n) is 3.34. The van der Waals surface area contributed by atoms with Gasteiger partial charge in [-0.25, -0.2) is 4.98 Å². The highest BCUT2D eigenvalue weighted by molar-refractivity contribution is 5.85. The molecule has 0 saturated carbocycles. The standard InChI is InChI=1S/C21H30N6O/c1-6-16(21(4,5)28)25-20-26-17-15(13(2)3)12-23-18(17)19(27-20)24-11-14-9-7-8-10-22-14/h7-10,12-13,15-16,28H,6,11H2,1-5H3,(H2,24,25,26,27)/t15?,16-/m1/s1. The van der Waals surface area contributed by atoms with E-state index in [1.54, 1.807) is 20.0 Å². The molecule has 7 heteroatoms. The third-order valence-corrected chi connectivity index (χ3v) is 5.04. The highest BCUT2D eigenvalue weighted by Crippen LogP contribution is 2.40. The van der Waals surface area contributed by atoms with Gasteiger partial charge in [-0.15, -0.1) is 0 Å². The molecule has 0 amide bonds. The molecule has 1 unspecified atom stereocenters. The Kier molecular flexibility index (Phi) is 5.93. The van der Waals surface area contributed by atoms with Crippen LogP contribution in [0.15, 0.2) is 29.4 Å². The second kappa shape index (κ2) is 8.22.